The topological polar surface area (TPSA) is 93.4 Å². The average molecular weight is 277 g/mol. The van der Waals surface area contributed by atoms with Gasteiger partial charge in [-0.15, -0.1) is 0 Å². The predicted molar refractivity (Wildman–Crippen MR) is 75.1 cm³/mol. The summed E-state index contributed by atoms with van der Waals surface area (Å²) < 4.78 is 5.43. The summed E-state index contributed by atoms with van der Waals surface area (Å²) in [5, 5.41) is 5.44. The zero-order chi connectivity index (χ0) is 14.4. The Bertz CT molecular complexity index is 490. The number of ether oxygens (including phenoxy) is 1. The molecule has 4 N–H and O–H groups in total. The van der Waals surface area contributed by atoms with E-state index in [9.17, 15) is 9.59 Å². The maximum absolute atomic E-state index is 11.7. The number of carbonyl (C=O) groups excluding carboxylic acids is 2. The van der Waals surface area contributed by atoms with Crippen molar-refractivity contribution in [3.05, 3.63) is 24.3 Å². The van der Waals surface area contributed by atoms with Gasteiger partial charge in [-0.25, -0.2) is 0 Å². The minimum absolute atomic E-state index is 0.110. The van der Waals surface area contributed by atoms with Crippen LogP contribution in [0.25, 0.3) is 0 Å². The summed E-state index contributed by atoms with van der Waals surface area (Å²) in [4.78, 5) is 23.2. The molecule has 0 radical (unpaired) electrons. The van der Waals surface area contributed by atoms with Crippen LogP contribution in [0.1, 0.15) is 19.3 Å². The fourth-order valence-corrected chi connectivity index (χ4v) is 2.04. The summed E-state index contributed by atoms with van der Waals surface area (Å²) in [5.74, 6) is 0.338. The number of nitrogen functional groups attached to an aromatic ring is 1. The van der Waals surface area contributed by atoms with Gasteiger partial charge in [-0.1, -0.05) is 6.07 Å². The number of hydrogen-bond donors (Lipinski definition) is 3. The molecule has 0 saturated carbocycles. The molecule has 0 bridgehead atoms. The van der Waals surface area contributed by atoms with Gasteiger partial charge < -0.3 is 21.1 Å². The normalized spacial score (nSPS) is 18.2. The van der Waals surface area contributed by atoms with E-state index in [1.807, 2.05) is 0 Å². The van der Waals surface area contributed by atoms with E-state index in [1.165, 1.54) is 0 Å². The van der Waals surface area contributed by atoms with E-state index in [0.29, 0.717) is 24.4 Å². The van der Waals surface area contributed by atoms with Gasteiger partial charge in [-0.3, -0.25) is 9.59 Å². The van der Waals surface area contributed by atoms with Crippen molar-refractivity contribution in [2.24, 2.45) is 0 Å². The highest BCUT2D eigenvalue weighted by Gasteiger charge is 2.23. The van der Waals surface area contributed by atoms with Crippen LogP contribution in [0.15, 0.2) is 24.3 Å². The molecule has 1 aromatic carbocycles. The minimum atomic E-state index is -0.413. The molecule has 2 amide bonds. The molecule has 1 aliphatic rings. The molecule has 0 spiro atoms. The Morgan fingerprint density at radius 3 is 3.10 bits per heavy atom. The lowest BCUT2D eigenvalue weighted by Crippen LogP contribution is -2.50. The summed E-state index contributed by atoms with van der Waals surface area (Å²) in [6, 6.07) is 6.62. The second-order valence-corrected chi connectivity index (χ2v) is 4.72. The van der Waals surface area contributed by atoms with Gasteiger partial charge >= 0.3 is 0 Å². The van der Waals surface area contributed by atoms with Crippen molar-refractivity contribution in [1.29, 1.82) is 0 Å². The van der Waals surface area contributed by atoms with Crippen LogP contribution in [-0.4, -0.2) is 31.0 Å². The molecule has 1 fully saturated rings. The van der Waals surface area contributed by atoms with E-state index >= 15 is 0 Å². The van der Waals surface area contributed by atoms with Gasteiger partial charge in [0.1, 0.15) is 11.8 Å². The predicted octanol–water partition coefficient (Wildman–Crippen LogP) is 0.432. The first-order valence-corrected chi connectivity index (χ1v) is 6.70. The Hall–Kier alpha value is -2.24. The largest absolute Gasteiger partial charge is 0.493 e. The Kier molecular flexibility index (Phi) is 4.81. The highest BCUT2D eigenvalue weighted by Crippen LogP contribution is 2.14. The van der Waals surface area contributed by atoms with Crippen molar-refractivity contribution in [2.45, 2.75) is 25.3 Å². The van der Waals surface area contributed by atoms with Crippen molar-refractivity contribution < 1.29 is 14.3 Å². The highest BCUT2D eigenvalue weighted by molar-refractivity contribution is 5.88. The lowest BCUT2D eigenvalue weighted by molar-refractivity contribution is -0.130. The number of hydrogen-bond acceptors (Lipinski definition) is 4. The van der Waals surface area contributed by atoms with Crippen molar-refractivity contribution >= 4 is 17.5 Å². The monoisotopic (exact) mass is 277 g/mol. The number of benzene rings is 1. The van der Waals surface area contributed by atoms with E-state index in [4.69, 9.17) is 10.5 Å². The molecule has 1 aromatic rings. The van der Waals surface area contributed by atoms with Crippen LogP contribution in [-0.2, 0) is 9.59 Å². The Morgan fingerprint density at radius 2 is 2.35 bits per heavy atom. The number of nitrogens with two attached hydrogens (primary N) is 1. The van der Waals surface area contributed by atoms with Crippen LogP contribution in [0.3, 0.4) is 0 Å². The standard InChI is InChI=1S/C14H19N3O3/c15-10-3-1-4-11(9-10)20-8-6-13(18)17-12-5-2-7-16-14(12)19/h1,3-4,9,12H,2,5-8,15H2,(H,16,19)(H,17,18). The Balaban J connectivity index is 1.71. The van der Waals surface area contributed by atoms with Gasteiger partial charge in [0.15, 0.2) is 0 Å². The van der Waals surface area contributed by atoms with Crippen LogP contribution >= 0.6 is 0 Å². The van der Waals surface area contributed by atoms with Gasteiger partial charge in [0.25, 0.3) is 0 Å². The quantitative estimate of drug-likeness (QED) is 0.680. The first-order chi connectivity index (χ1) is 9.65. The maximum Gasteiger partial charge on any atom is 0.242 e. The van der Waals surface area contributed by atoms with E-state index in [1.54, 1.807) is 24.3 Å². The summed E-state index contributed by atoms with van der Waals surface area (Å²) in [6.45, 7) is 0.938. The number of amides is 2. The zero-order valence-electron chi connectivity index (χ0n) is 11.2. The summed E-state index contributed by atoms with van der Waals surface area (Å²) in [7, 11) is 0. The number of rotatable bonds is 5. The van der Waals surface area contributed by atoms with Crippen LogP contribution in [0, 0.1) is 0 Å². The highest BCUT2D eigenvalue weighted by atomic mass is 16.5. The van der Waals surface area contributed by atoms with E-state index < -0.39 is 6.04 Å². The second kappa shape index (κ2) is 6.79. The molecule has 20 heavy (non-hydrogen) atoms. The number of piperidine rings is 1. The molecule has 0 aromatic heterocycles. The first-order valence-electron chi connectivity index (χ1n) is 6.70. The fraction of sp³-hybridized carbons (Fsp3) is 0.429. The van der Waals surface area contributed by atoms with Crippen molar-refractivity contribution in [3.63, 3.8) is 0 Å². The van der Waals surface area contributed by atoms with Gasteiger partial charge in [-0.2, -0.15) is 0 Å². The second-order valence-electron chi connectivity index (χ2n) is 4.72. The van der Waals surface area contributed by atoms with Crippen molar-refractivity contribution in [2.75, 3.05) is 18.9 Å². The molecule has 1 unspecified atom stereocenters. The smallest absolute Gasteiger partial charge is 0.242 e. The molecule has 2 rings (SSSR count). The number of anilines is 1. The van der Waals surface area contributed by atoms with Crippen LogP contribution < -0.4 is 21.1 Å². The van der Waals surface area contributed by atoms with E-state index in [0.717, 1.165) is 6.42 Å². The lowest BCUT2D eigenvalue weighted by atomic mass is 10.1. The van der Waals surface area contributed by atoms with Crippen molar-refractivity contribution in [1.82, 2.24) is 10.6 Å². The number of nitrogens with one attached hydrogen (secondary N) is 2. The van der Waals surface area contributed by atoms with Crippen LogP contribution in [0.5, 0.6) is 5.75 Å². The fourth-order valence-electron chi connectivity index (χ4n) is 2.04. The molecule has 1 heterocycles. The number of carbonyl (C=O) groups is 2. The third-order valence-electron chi connectivity index (χ3n) is 3.08. The molecular weight excluding hydrogens is 258 g/mol. The summed E-state index contributed by atoms with van der Waals surface area (Å²) >= 11 is 0. The minimum Gasteiger partial charge on any atom is -0.493 e. The molecule has 1 aliphatic heterocycles. The average Bonchev–Trinajstić information content (AvgIpc) is 2.41. The first kappa shape index (κ1) is 14.2. The van der Waals surface area contributed by atoms with Gasteiger partial charge in [0.05, 0.1) is 13.0 Å². The van der Waals surface area contributed by atoms with Gasteiger partial charge in [-0.05, 0) is 25.0 Å². The molecule has 6 heteroatoms. The third kappa shape index (κ3) is 4.15. The Morgan fingerprint density at radius 1 is 1.50 bits per heavy atom. The van der Waals surface area contributed by atoms with Gasteiger partial charge in [0, 0.05) is 18.3 Å². The molecule has 1 atom stereocenters. The molecule has 0 aliphatic carbocycles. The molecule has 1 saturated heterocycles. The van der Waals surface area contributed by atoms with Crippen molar-refractivity contribution in [3.8, 4) is 5.75 Å². The third-order valence-corrected chi connectivity index (χ3v) is 3.08. The van der Waals surface area contributed by atoms with Crippen LogP contribution in [0.2, 0.25) is 0 Å². The molecule has 6 nitrogen and oxygen atoms in total. The lowest BCUT2D eigenvalue weighted by Gasteiger charge is -2.22. The summed E-state index contributed by atoms with van der Waals surface area (Å²) in [6.07, 6.45) is 1.78. The SMILES string of the molecule is Nc1cccc(OCCC(=O)NC2CCCNC2=O)c1. The molecular formula is C14H19N3O3. The van der Waals surface area contributed by atoms with E-state index in [-0.39, 0.29) is 24.8 Å². The van der Waals surface area contributed by atoms with E-state index in [2.05, 4.69) is 10.6 Å². The van der Waals surface area contributed by atoms with Gasteiger partial charge in [0.2, 0.25) is 11.8 Å². The molecule has 108 valence electrons. The Labute approximate surface area is 117 Å². The summed E-state index contributed by atoms with van der Waals surface area (Å²) in [5.41, 5.74) is 6.24. The zero-order valence-corrected chi connectivity index (χ0v) is 11.2. The van der Waals surface area contributed by atoms with Crippen LogP contribution in [0.4, 0.5) is 5.69 Å². The maximum atomic E-state index is 11.7.